The number of rotatable bonds is 1. The average molecular weight is 843 g/mol. The Bertz CT molecular complexity index is 3900. The van der Waals surface area contributed by atoms with Gasteiger partial charge in [-0.15, -0.1) is 11.3 Å². The first-order valence-corrected chi connectivity index (χ1v) is 23.7. The van der Waals surface area contributed by atoms with Crippen molar-refractivity contribution in [2.24, 2.45) is 0 Å². The van der Waals surface area contributed by atoms with Crippen molar-refractivity contribution in [1.82, 2.24) is 4.57 Å². The van der Waals surface area contributed by atoms with Gasteiger partial charge in [-0.05, 0) is 109 Å². The molecule has 3 nitrogen and oxygen atoms in total. The summed E-state index contributed by atoms with van der Waals surface area (Å²) in [6, 6.07) is 54.0. The number of nitrogens with zero attached hydrogens (tertiary/aromatic N) is 2. The second-order valence-corrected chi connectivity index (χ2v) is 22.4. The van der Waals surface area contributed by atoms with E-state index in [1.807, 2.05) is 11.3 Å². The maximum atomic E-state index is 6.90. The average Bonchev–Trinajstić information content (AvgIpc) is 3.99. The van der Waals surface area contributed by atoms with Crippen molar-refractivity contribution in [3.63, 3.8) is 0 Å². The molecule has 0 radical (unpaired) electrons. The van der Waals surface area contributed by atoms with E-state index < -0.39 is 0 Å². The van der Waals surface area contributed by atoms with E-state index in [0.717, 1.165) is 21.9 Å². The minimum Gasteiger partial charge on any atom is -0.456 e. The lowest BCUT2D eigenvalue weighted by Gasteiger charge is -2.42. The van der Waals surface area contributed by atoms with Gasteiger partial charge >= 0.3 is 6.85 Å². The molecule has 3 aromatic heterocycles. The van der Waals surface area contributed by atoms with Gasteiger partial charge < -0.3 is 13.8 Å². The minimum absolute atomic E-state index is 0.0134. The Kier molecular flexibility index (Phi) is 6.89. The van der Waals surface area contributed by atoms with Crippen molar-refractivity contribution in [1.29, 1.82) is 0 Å². The highest BCUT2D eigenvalue weighted by Crippen LogP contribution is 2.53. The van der Waals surface area contributed by atoms with Crippen molar-refractivity contribution in [3.05, 3.63) is 162 Å². The van der Waals surface area contributed by atoms with Crippen LogP contribution in [0, 0.1) is 0 Å². The number of hydrogen-bond acceptors (Lipinski definition) is 3. The van der Waals surface area contributed by atoms with E-state index in [-0.39, 0.29) is 23.1 Å². The Hall–Kier alpha value is -6.56. The summed E-state index contributed by atoms with van der Waals surface area (Å²) in [7, 11) is 0. The van der Waals surface area contributed by atoms with E-state index >= 15 is 0 Å². The first-order chi connectivity index (χ1) is 30.7. The molecule has 0 unspecified atom stereocenters. The summed E-state index contributed by atoms with van der Waals surface area (Å²) in [5.74, 6) is 0. The van der Waals surface area contributed by atoms with Crippen LogP contribution in [0.2, 0.25) is 0 Å². The predicted molar refractivity (Wildman–Crippen MR) is 275 cm³/mol. The molecule has 0 atom stereocenters. The molecule has 0 saturated heterocycles. The fourth-order valence-electron chi connectivity index (χ4n) is 11.9. The fraction of sp³-hybridized carbons (Fsp3) is 0.186. The number of anilines is 2. The van der Waals surface area contributed by atoms with Crippen LogP contribution in [-0.2, 0) is 16.2 Å². The quantitative estimate of drug-likeness (QED) is 0.154. The fourth-order valence-corrected chi connectivity index (χ4v) is 13.1. The second kappa shape index (κ2) is 12.0. The van der Waals surface area contributed by atoms with Gasteiger partial charge in [-0.3, -0.25) is 0 Å². The van der Waals surface area contributed by atoms with Gasteiger partial charge in [0, 0.05) is 75.8 Å². The molecule has 2 aliphatic heterocycles. The Morgan fingerprint density at radius 2 is 1.25 bits per heavy atom. The molecule has 0 amide bonds. The predicted octanol–water partition coefficient (Wildman–Crippen LogP) is 15.2. The van der Waals surface area contributed by atoms with Crippen LogP contribution >= 0.6 is 11.3 Å². The molecule has 0 saturated carbocycles. The van der Waals surface area contributed by atoms with Gasteiger partial charge in [-0.1, -0.05) is 140 Å². The van der Waals surface area contributed by atoms with Crippen LogP contribution in [0.25, 0.3) is 91.9 Å². The zero-order valence-corrected chi connectivity index (χ0v) is 38.4. The summed E-state index contributed by atoms with van der Waals surface area (Å²) in [6.45, 7) is 18.4. The highest BCUT2D eigenvalue weighted by atomic mass is 32.1. The van der Waals surface area contributed by atoms with Crippen LogP contribution in [0.15, 0.2) is 144 Å². The van der Waals surface area contributed by atoms with Gasteiger partial charge in [0.1, 0.15) is 11.2 Å². The highest BCUT2D eigenvalue weighted by Gasteiger charge is 2.45. The summed E-state index contributed by atoms with van der Waals surface area (Å²) in [5.41, 5.74) is 21.3. The normalized spacial score (nSPS) is 14.9. The molecular weight excluding hydrogens is 796 g/mol. The van der Waals surface area contributed by atoms with Crippen molar-refractivity contribution in [2.45, 2.75) is 71.6 Å². The van der Waals surface area contributed by atoms with Crippen molar-refractivity contribution in [3.8, 4) is 27.9 Å². The van der Waals surface area contributed by atoms with E-state index in [0.29, 0.717) is 0 Å². The van der Waals surface area contributed by atoms with Crippen LogP contribution in [0.5, 0.6) is 0 Å². The molecule has 3 aliphatic rings. The Morgan fingerprint density at radius 3 is 2.06 bits per heavy atom. The van der Waals surface area contributed by atoms with Gasteiger partial charge in [0.25, 0.3) is 0 Å². The lowest BCUT2D eigenvalue weighted by molar-refractivity contribution is 0.587. The van der Waals surface area contributed by atoms with E-state index in [2.05, 4.69) is 204 Å². The number of thiophene rings is 1. The van der Waals surface area contributed by atoms with Crippen molar-refractivity contribution < 1.29 is 4.42 Å². The minimum atomic E-state index is -0.103. The van der Waals surface area contributed by atoms with E-state index in [1.54, 1.807) is 0 Å². The molecule has 1 aliphatic carbocycles. The summed E-state index contributed by atoms with van der Waals surface area (Å²) in [5, 5.41) is 7.58. The Labute approximate surface area is 377 Å². The molecule has 11 aromatic rings. The van der Waals surface area contributed by atoms with Crippen LogP contribution in [-0.4, -0.2) is 11.4 Å². The van der Waals surface area contributed by atoms with Gasteiger partial charge in [0.05, 0.1) is 11.0 Å². The molecule has 0 N–H and O–H groups in total. The zero-order valence-electron chi connectivity index (χ0n) is 37.6. The molecule has 5 heteroatoms. The lowest BCUT2D eigenvalue weighted by atomic mass is 9.44. The number of benzene rings is 8. The van der Waals surface area contributed by atoms with Crippen molar-refractivity contribution in [2.75, 3.05) is 4.81 Å². The molecule has 5 heterocycles. The van der Waals surface area contributed by atoms with Crippen LogP contribution < -0.4 is 15.7 Å². The standard InChI is InChI=1S/C59H47BN2OS/c1-57(2,3)32-17-20-34(21-18-32)62-49-30-52-43(36-22-19-33(58(4,5)6)25-51(36)63-52)26-41(49)38-23-24-39-42-27-46-40(35-13-9-11-15-45(35)59(46,7)8)29-48(42)61-50-31-54-44(37-14-10-12-16-53(37)64-54)28-47(50)60(62)55(38)56(39)61/h9-31H,1-8H3. The second-order valence-electron chi connectivity index (χ2n) is 21.3. The highest BCUT2D eigenvalue weighted by molar-refractivity contribution is 7.26. The topological polar surface area (TPSA) is 21.3 Å². The summed E-state index contributed by atoms with van der Waals surface area (Å²) < 4.78 is 12.2. The summed E-state index contributed by atoms with van der Waals surface area (Å²) >= 11 is 1.91. The monoisotopic (exact) mass is 842 g/mol. The maximum absolute atomic E-state index is 6.90. The third-order valence-corrected chi connectivity index (χ3v) is 16.4. The molecule has 64 heavy (non-hydrogen) atoms. The van der Waals surface area contributed by atoms with Crippen LogP contribution in [0.3, 0.4) is 0 Å². The van der Waals surface area contributed by atoms with Crippen LogP contribution in [0.4, 0.5) is 11.4 Å². The molecule has 14 rings (SSSR count). The summed E-state index contributed by atoms with van der Waals surface area (Å²) in [6.07, 6.45) is 0. The van der Waals surface area contributed by atoms with E-state index in [4.69, 9.17) is 4.42 Å². The number of fused-ring (bicyclic) bond motifs is 17. The van der Waals surface area contributed by atoms with E-state index in [9.17, 15) is 0 Å². The van der Waals surface area contributed by atoms with Gasteiger partial charge in [-0.25, -0.2) is 0 Å². The first-order valence-electron chi connectivity index (χ1n) is 22.9. The molecule has 0 bridgehead atoms. The third kappa shape index (κ3) is 4.68. The Balaban J connectivity index is 1.14. The largest absolute Gasteiger partial charge is 0.456 e. The number of aromatic nitrogens is 1. The SMILES string of the molecule is CC(C)(C)c1ccc(N2B3c4cc5c(cc4-n4c6cc7c(cc6c6ccc(c3c64)-c3cc4c(cc32)oc2cc(C(C)(C)C)ccc24)C(C)(C)c2ccccc2-7)sc2ccccc25)cc1. The molecule has 0 fully saturated rings. The molecule has 0 spiro atoms. The zero-order chi connectivity index (χ0) is 43.3. The smallest absolute Gasteiger partial charge is 0.333 e. The maximum Gasteiger partial charge on any atom is 0.333 e. The van der Waals surface area contributed by atoms with Gasteiger partial charge in [0.2, 0.25) is 0 Å². The third-order valence-electron chi connectivity index (χ3n) is 15.3. The molecular formula is C59H47BN2OS. The van der Waals surface area contributed by atoms with Crippen LogP contribution in [0.1, 0.15) is 77.6 Å². The molecule has 308 valence electrons. The first kappa shape index (κ1) is 36.9. The van der Waals surface area contributed by atoms with E-state index in [1.165, 1.54) is 114 Å². The Morgan fingerprint density at radius 1 is 0.516 bits per heavy atom. The number of hydrogen-bond donors (Lipinski definition) is 0. The lowest BCUT2D eigenvalue weighted by Crippen LogP contribution is -2.60. The molecule has 8 aromatic carbocycles. The van der Waals surface area contributed by atoms with Gasteiger partial charge in [0.15, 0.2) is 0 Å². The van der Waals surface area contributed by atoms with Crippen molar-refractivity contribution >= 4 is 104 Å². The number of furan rings is 1. The summed E-state index contributed by atoms with van der Waals surface area (Å²) in [4.78, 5) is 2.65. The van der Waals surface area contributed by atoms with Gasteiger partial charge in [-0.2, -0.15) is 0 Å².